The van der Waals surface area contributed by atoms with E-state index in [1.807, 2.05) is 39.0 Å². The predicted octanol–water partition coefficient (Wildman–Crippen LogP) is 3.98. The summed E-state index contributed by atoms with van der Waals surface area (Å²) in [7, 11) is 0. The van der Waals surface area contributed by atoms with Gasteiger partial charge in [0.25, 0.3) is 0 Å². The fourth-order valence-electron chi connectivity index (χ4n) is 1.96. The zero-order chi connectivity index (χ0) is 13.3. The van der Waals surface area contributed by atoms with Gasteiger partial charge in [0.1, 0.15) is 5.82 Å². The van der Waals surface area contributed by atoms with E-state index >= 15 is 0 Å². The summed E-state index contributed by atoms with van der Waals surface area (Å²) < 4.78 is 13.3. The van der Waals surface area contributed by atoms with Gasteiger partial charge in [-0.2, -0.15) is 0 Å². The van der Waals surface area contributed by atoms with Crippen molar-refractivity contribution >= 4 is 5.78 Å². The number of carbonyl (C=O) groups is 1. The molecule has 0 atom stereocenters. The van der Waals surface area contributed by atoms with Gasteiger partial charge in [0.15, 0.2) is 5.78 Å². The van der Waals surface area contributed by atoms with Gasteiger partial charge in [-0.25, -0.2) is 4.39 Å². The van der Waals surface area contributed by atoms with E-state index in [0.29, 0.717) is 11.1 Å². The molecule has 0 amide bonds. The van der Waals surface area contributed by atoms with Gasteiger partial charge in [-0.05, 0) is 50.1 Å². The van der Waals surface area contributed by atoms with Crippen molar-refractivity contribution in [3.05, 3.63) is 70.0 Å². The Morgan fingerprint density at radius 2 is 1.44 bits per heavy atom. The van der Waals surface area contributed by atoms with Gasteiger partial charge in [-0.15, -0.1) is 0 Å². The largest absolute Gasteiger partial charge is 0.289 e. The van der Waals surface area contributed by atoms with Crippen molar-refractivity contribution in [2.45, 2.75) is 20.8 Å². The van der Waals surface area contributed by atoms with Gasteiger partial charge in [-0.1, -0.05) is 23.8 Å². The van der Waals surface area contributed by atoms with Crippen LogP contribution in [0.25, 0.3) is 0 Å². The first-order valence-electron chi connectivity index (χ1n) is 5.87. The molecule has 0 radical (unpaired) electrons. The molecular weight excluding hydrogens is 227 g/mol. The van der Waals surface area contributed by atoms with Crippen LogP contribution in [-0.2, 0) is 0 Å². The molecule has 0 bridgehead atoms. The number of aryl methyl sites for hydroxylation is 3. The lowest BCUT2D eigenvalue weighted by atomic mass is 9.95. The summed E-state index contributed by atoms with van der Waals surface area (Å²) in [5.74, 6) is -0.498. The molecule has 0 spiro atoms. The van der Waals surface area contributed by atoms with Crippen molar-refractivity contribution in [3.63, 3.8) is 0 Å². The normalized spacial score (nSPS) is 10.4. The van der Waals surface area contributed by atoms with Gasteiger partial charge in [0, 0.05) is 11.1 Å². The highest BCUT2D eigenvalue weighted by molar-refractivity contribution is 6.10. The maximum Gasteiger partial charge on any atom is 0.193 e. The molecular formula is C16H15FO. The summed E-state index contributed by atoms with van der Waals surface area (Å²) in [5, 5.41) is 0. The Morgan fingerprint density at radius 1 is 0.889 bits per heavy atom. The quantitative estimate of drug-likeness (QED) is 0.728. The molecule has 92 valence electrons. The predicted molar refractivity (Wildman–Crippen MR) is 70.5 cm³/mol. The van der Waals surface area contributed by atoms with Crippen molar-refractivity contribution < 1.29 is 9.18 Å². The minimum absolute atomic E-state index is 0.117. The van der Waals surface area contributed by atoms with Gasteiger partial charge in [-0.3, -0.25) is 4.79 Å². The van der Waals surface area contributed by atoms with Crippen LogP contribution in [0.4, 0.5) is 4.39 Å². The summed E-state index contributed by atoms with van der Waals surface area (Å²) in [5.41, 5.74) is 3.81. The summed E-state index contributed by atoms with van der Waals surface area (Å²) >= 11 is 0. The van der Waals surface area contributed by atoms with Gasteiger partial charge in [0.05, 0.1) is 0 Å². The molecule has 18 heavy (non-hydrogen) atoms. The van der Waals surface area contributed by atoms with Crippen LogP contribution in [0.3, 0.4) is 0 Å². The van der Waals surface area contributed by atoms with Crippen LogP contribution in [0.15, 0.2) is 36.4 Å². The highest BCUT2D eigenvalue weighted by Crippen LogP contribution is 2.19. The fraction of sp³-hybridized carbons (Fsp3) is 0.188. The Morgan fingerprint density at radius 3 is 2.11 bits per heavy atom. The Balaban J connectivity index is 2.54. The van der Waals surface area contributed by atoms with E-state index in [1.165, 1.54) is 12.1 Å². The number of carbonyl (C=O) groups excluding carboxylic acids is 1. The monoisotopic (exact) mass is 242 g/mol. The molecule has 0 aliphatic carbocycles. The van der Waals surface area contributed by atoms with Crippen molar-refractivity contribution in [2.24, 2.45) is 0 Å². The summed E-state index contributed by atoms with van der Waals surface area (Å²) in [4.78, 5) is 12.4. The average molecular weight is 242 g/mol. The molecule has 2 aromatic carbocycles. The fourth-order valence-corrected chi connectivity index (χ4v) is 1.96. The summed E-state index contributed by atoms with van der Waals surface area (Å²) in [6, 6.07) is 10.0. The highest BCUT2D eigenvalue weighted by Gasteiger charge is 2.14. The molecule has 0 saturated carbocycles. The molecule has 0 heterocycles. The highest BCUT2D eigenvalue weighted by atomic mass is 19.1. The number of ketones is 1. The lowest BCUT2D eigenvalue weighted by molar-refractivity contribution is 0.103. The molecule has 0 aromatic heterocycles. The Kier molecular flexibility index (Phi) is 3.28. The van der Waals surface area contributed by atoms with Gasteiger partial charge in [0.2, 0.25) is 0 Å². The number of hydrogen-bond acceptors (Lipinski definition) is 1. The number of halogens is 1. The third-order valence-corrected chi connectivity index (χ3v) is 3.08. The van der Waals surface area contributed by atoms with E-state index in [0.717, 1.165) is 16.7 Å². The molecule has 0 aliphatic rings. The SMILES string of the molecule is Cc1ccc(C)c(C(=O)c2cc(F)ccc2C)c1. The standard InChI is InChI=1S/C16H15FO/c1-10-4-5-11(2)14(8-10)16(18)15-9-13(17)7-6-12(15)3/h4-9H,1-3H3. The molecule has 0 saturated heterocycles. The number of hydrogen-bond donors (Lipinski definition) is 0. The van der Waals surface area contributed by atoms with Crippen molar-refractivity contribution in [3.8, 4) is 0 Å². The first-order chi connectivity index (χ1) is 8.49. The molecule has 0 unspecified atom stereocenters. The maximum absolute atomic E-state index is 13.3. The second-order valence-electron chi connectivity index (χ2n) is 4.61. The number of rotatable bonds is 2. The summed E-state index contributed by atoms with van der Waals surface area (Å²) in [6.07, 6.45) is 0. The van der Waals surface area contributed by atoms with Crippen molar-refractivity contribution in [1.82, 2.24) is 0 Å². The van der Waals surface area contributed by atoms with Crippen molar-refractivity contribution in [1.29, 1.82) is 0 Å². The minimum Gasteiger partial charge on any atom is -0.289 e. The van der Waals surface area contributed by atoms with Crippen LogP contribution in [-0.4, -0.2) is 5.78 Å². The second kappa shape index (κ2) is 4.73. The minimum atomic E-state index is -0.380. The molecule has 0 N–H and O–H groups in total. The first-order valence-corrected chi connectivity index (χ1v) is 5.87. The number of benzene rings is 2. The molecule has 2 aromatic rings. The zero-order valence-corrected chi connectivity index (χ0v) is 10.8. The first kappa shape index (κ1) is 12.5. The summed E-state index contributed by atoms with van der Waals surface area (Å²) in [6.45, 7) is 5.65. The van der Waals surface area contributed by atoms with Gasteiger partial charge < -0.3 is 0 Å². The molecule has 2 heteroatoms. The van der Waals surface area contributed by atoms with E-state index < -0.39 is 0 Å². The Hall–Kier alpha value is -1.96. The Bertz CT molecular complexity index is 561. The van der Waals surface area contributed by atoms with E-state index in [2.05, 4.69) is 0 Å². The maximum atomic E-state index is 13.3. The molecule has 1 nitrogen and oxygen atoms in total. The third kappa shape index (κ3) is 2.33. The molecule has 0 fully saturated rings. The van der Waals surface area contributed by atoms with Gasteiger partial charge >= 0.3 is 0 Å². The van der Waals surface area contributed by atoms with Crippen LogP contribution >= 0.6 is 0 Å². The van der Waals surface area contributed by atoms with E-state index in [9.17, 15) is 9.18 Å². The van der Waals surface area contributed by atoms with Crippen LogP contribution in [0.1, 0.15) is 32.6 Å². The average Bonchev–Trinajstić information content (AvgIpc) is 2.34. The van der Waals surface area contributed by atoms with Crippen LogP contribution < -0.4 is 0 Å². The van der Waals surface area contributed by atoms with E-state index in [1.54, 1.807) is 6.07 Å². The van der Waals surface area contributed by atoms with Crippen LogP contribution in [0, 0.1) is 26.6 Å². The van der Waals surface area contributed by atoms with Crippen LogP contribution in [0.5, 0.6) is 0 Å². The third-order valence-electron chi connectivity index (χ3n) is 3.08. The lowest BCUT2D eigenvalue weighted by Crippen LogP contribution is -2.06. The van der Waals surface area contributed by atoms with Crippen molar-refractivity contribution in [2.75, 3.05) is 0 Å². The molecule has 2 rings (SSSR count). The molecule has 0 aliphatic heterocycles. The second-order valence-corrected chi connectivity index (χ2v) is 4.61. The van der Waals surface area contributed by atoms with Crippen LogP contribution in [0.2, 0.25) is 0 Å². The Labute approximate surface area is 106 Å². The van der Waals surface area contributed by atoms with E-state index in [4.69, 9.17) is 0 Å². The van der Waals surface area contributed by atoms with E-state index in [-0.39, 0.29) is 11.6 Å². The lowest BCUT2D eigenvalue weighted by Gasteiger charge is -2.08. The zero-order valence-electron chi connectivity index (χ0n) is 10.8. The smallest absolute Gasteiger partial charge is 0.193 e. The topological polar surface area (TPSA) is 17.1 Å².